The summed E-state index contributed by atoms with van der Waals surface area (Å²) in [4.78, 5) is 13.3. The molecule has 0 saturated carbocycles. The monoisotopic (exact) mass is 292 g/mol. The van der Waals surface area contributed by atoms with E-state index >= 15 is 0 Å². The SMILES string of the molecule is CC(C)c1ccc(CCCN2CCOCC2)c([N+](=O)[O-])c1. The topological polar surface area (TPSA) is 55.6 Å². The van der Waals surface area contributed by atoms with Gasteiger partial charge in [-0.25, -0.2) is 0 Å². The van der Waals surface area contributed by atoms with E-state index < -0.39 is 0 Å². The van der Waals surface area contributed by atoms with Gasteiger partial charge in [-0.2, -0.15) is 0 Å². The summed E-state index contributed by atoms with van der Waals surface area (Å²) in [6.45, 7) is 8.61. The molecule has 116 valence electrons. The van der Waals surface area contributed by atoms with Gasteiger partial charge in [0.2, 0.25) is 0 Å². The van der Waals surface area contributed by atoms with Crippen molar-refractivity contribution in [1.82, 2.24) is 4.90 Å². The van der Waals surface area contributed by atoms with E-state index in [4.69, 9.17) is 4.74 Å². The van der Waals surface area contributed by atoms with E-state index in [1.54, 1.807) is 6.07 Å². The van der Waals surface area contributed by atoms with Gasteiger partial charge in [0.1, 0.15) is 0 Å². The first-order chi connectivity index (χ1) is 10.1. The molecule has 1 heterocycles. The number of morpholine rings is 1. The fourth-order valence-electron chi connectivity index (χ4n) is 2.64. The number of benzene rings is 1. The van der Waals surface area contributed by atoms with E-state index in [0.717, 1.165) is 56.8 Å². The molecule has 0 amide bonds. The number of hydrogen-bond acceptors (Lipinski definition) is 4. The van der Waals surface area contributed by atoms with Gasteiger partial charge in [0.15, 0.2) is 0 Å². The maximum absolute atomic E-state index is 11.2. The number of ether oxygens (including phenoxy) is 1. The van der Waals surface area contributed by atoms with Crippen molar-refractivity contribution in [1.29, 1.82) is 0 Å². The highest BCUT2D eigenvalue weighted by Crippen LogP contribution is 2.25. The summed E-state index contributed by atoms with van der Waals surface area (Å²) in [6, 6.07) is 5.67. The Bertz CT molecular complexity index is 482. The summed E-state index contributed by atoms with van der Waals surface area (Å²) >= 11 is 0. The van der Waals surface area contributed by atoms with E-state index in [1.807, 2.05) is 12.1 Å². The molecule has 0 atom stereocenters. The molecular formula is C16H24N2O3. The number of nitro benzene ring substituents is 1. The average molecular weight is 292 g/mol. The minimum absolute atomic E-state index is 0.254. The van der Waals surface area contributed by atoms with Crippen LogP contribution in [-0.4, -0.2) is 42.7 Å². The first kappa shape index (κ1) is 15.9. The molecule has 1 aromatic rings. The minimum Gasteiger partial charge on any atom is -0.379 e. The lowest BCUT2D eigenvalue weighted by Crippen LogP contribution is -2.36. The largest absolute Gasteiger partial charge is 0.379 e. The highest BCUT2D eigenvalue weighted by atomic mass is 16.6. The predicted octanol–water partition coefficient (Wildman–Crippen LogP) is 2.98. The van der Waals surface area contributed by atoms with E-state index in [1.165, 1.54) is 0 Å². The van der Waals surface area contributed by atoms with Crippen molar-refractivity contribution < 1.29 is 9.66 Å². The second kappa shape index (κ2) is 7.52. The quantitative estimate of drug-likeness (QED) is 0.597. The third kappa shape index (κ3) is 4.51. The van der Waals surface area contributed by atoms with Crippen molar-refractivity contribution in [3.8, 4) is 0 Å². The Labute approximate surface area is 126 Å². The molecule has 0 unspecified atom stereocenters. The summed E-state index contributed by atoms with van der Waals surface area (Å²) in [5, 5.41) is 11.2. The first-order valence-corrected chi connectivity index (χ1v) is 7.65. The van der Waals surface area contributed by atoms with E-state index in [-0.39, 0.29) is 10.6 Å². The lowest BCUT2D eigenvalue weighted by atomic mass is 9.98. The molecule has 1 aliphatic rings. The number of hydrogen-bond donors (Lipinski definition) is 0. The van der Waals surface area contributed by atoms with E-state index in [2.05, 4.69) is 18.7 Å². The summed E-state index contributed by atoms with van der Waals surface area (Å²) in [5.74, 6) is 0.311. The van der Waals surface area contributed by atoms with Crippen molar-refractivity contribution in [2.24, 2.45) is 0 Å². The third-order valence-corrected chi connectivity index (χ3v) is 4.00. The number of aryl methyl sites for hydroxylation is 1. The van der Waals surface area contributed by atoms with Crippen LogP contribution in [0.1, 0.15) is 37.3 Å². The second-order valence-corrected chi connectivity index (χ2v) is 5.86. The first-order valence-electron chi connectivity index (χ1n) is 7.65. The molecule has 0 radical (unpaired) electrons. The zero-order valence-corrected chi connectivity index (χ0v) is 12.9. The van der Waals surface area contributed by atoms with Crippen LogP contribution in [-0.2, 0) is 11.2 Å². The maximum Gasteiger partial charge on any atom is 0.272 e. The number of nitro groups is 1. The molecule has 2 rings (SSSR count). The van der Waals surface area contributed by atoms with Crippen LogP contribution in [0, 0.1) is 10.1 Å². The summed E-state index contributed by atoms with van der Waals surface area (Å²) < 4.78 is 5.32. The summed E-state index contributed by atoms with van der Waals surface area (Å²) in [7, 11) is 0. The molecule has 1 fully saturated rings. The van der Waals surface area contributed by atoms with Crippen LogP contribution < -0.4 is 0 Å². The predicted molar refractivity (Wildman–Crippen MR) is 82.8 cm³/mol. The minimum atomic E-state index is -0.254. The normalized spacial score (nSPS) is 16.3. The van der Waals surface area contributed by atoms with Gasteiger partial charge in [0.25, 0.3) is 5.69 Å². The number of rotatable bonds is 6. The Morgan fingerprint density at radius 2 is 2.05 bits per heavy atom. The van der Waals surface area contributed by atoms with Crippen LogP contribution >= 0.6 is 0 Å². The Hall–Kier alpha value is -1.46. The third-order valence-electron chi connectivity index (χ3n) is 4.00. The zero-order chi connectivity index (χ0) is 15.2. The highest BCUT2D eigenvalue weighted by molar-refractivity contribution is 5.44. The van der Waals surface area contributed by atoms with Crippen LogP contribution in [0.5, 0.6) is 0 Å². The fourth-order valence-corrected chi connectivity index (χ4v) is 2.64. The maximum atomic E-state index is 11.2. The van der Waals surface area contributed by atoms with Crippen LogP contribution in [0.25, 0.3) is 0 Å². The van der Waals surface area contributed by atoms with E-state index in [9.17, 15) is 10.1 Å². The van der Waals surface area contributed by atoms with Crippen LogP contribution in [0.15, 0.2) is 18.2 Å². The molecule has 1 saturated heterocycles. The van der Waals surface area contributed by atoms with Crippen molar-refractivity contribution in [2.75, 3.05) is 32.8 Å². The van der Waals surface area contributed by atoms with Crippen LogP contribution in [0.3, 0.4) is 0 Å². The van der Waals surface area contributed by atoms with Gasteiger partial charge in [-0.15, -0.1) is 0 Å². The Balaban J connectivity index is 1.96. The standard InChI is InChI=1S/C16H24N2O3/c1-13(2)15-6-5-14(16(12-15)18(19)20)4-3-7-17-8-10-21-11-9-17/h5-6,12-13H,3-4,7-11H2,1-2H3. The Kier molecular flexibility index (Phi) is 5.70. The molecule has 5 heteroatoms. The van der Waals surface area contributed by atoms with E-state index in [0.29, 0.717) is 5.92 Å². The van der Waals surface area contributed by atoms with Crippen LogP contribution in [0.2, 0.25) is 0 Å². The lowest BCUT2D eigenvalue weighted by molar-refractivity contribution is -0.385. The molecule has 1 aromatic carbocycles. The van der Waals surface area contributed by atoms with Crippen molar-refractivity contribution in [3.63, 3.8) is 0 Å². The zero-order valence-electron chi connectivity index (χ0n) is 12.9. The second-order valence-electron chi connectivity index (χ2n) is 5.86. The molecule has 5 nitrogen and oxygen atoms in total. The Morgan fingerprint density at radius 3 is 2.67 bits per heavy atom. The van der Waals surface area contributed by atoms with Crippen molar-refractivity contribution in [2.45, 2.75) is 32.6 Å². The van der Waals surface area contributed by atoms with Crippen molar-refractivity contribution in [3.05, 3.63) is 39.4 Å². The highest BCUT2D eigenvalue weighted by Gasteiger charge is 2.16. The molecule has 0 aliphatic carbocycles. The fraction of sp³-hybridized carbons (Fsp3) is 0.625. The van der Waals surface area contributed by atoms with Gasteiger partial charge in [0.05, 0.1) is 18.1 Å². The Morgan fingerprint density at radius 1 is 1.33 bits per heavy atom. The molecule has 0 spiro atoms. The molecular weight excluding hydrogens is 268 g/mol. The molecule has 21 heavy (non-hydrogen) atoms. The van der Waals surface area contributed by atoms with Gasteiger partial charge in [-0.05, 0) is 30.9 Å². The summed E-state index contributed by atoms with van der Waals surface area (Å²) in [5.41, 5.74) is 2.14. The lowest BCUT2D eigenvalue weighted by Gasteiger charge is -2.26. The average Bonchev–Trinajstić information content (AvgIpc) is 2.48. The molecule has 0 aromatic heterocycles. The van der Waals surface area contributed by atoms with Crippen LogP contribution in [0.4, 0.5) is 5.69 Å². The van der Waals surface area contributed by atoms with Crippen molar-refractivity contribution >= 4 is 5.69 Å². The smallest absolute Gasteiger partial charge is 0.272 e. The van der Waals surface area contributed by atoms with Gasteiger partial charge in [-0.1, -0.05) is 26.0 Å². The molecule has 1 aliphatic heterocycles. The molecule has 0 N–H and O–H groups in total. The van der Waals surface area contributed by atoms with Gasteiger partial charge in [-0.3, -0.25) is 15.0 Å². The number of nitrogens with zero attached hydrogens (tertiary/aromatic N) is 2. The summed E-state index contributed by atoms with van der Waals surface area (Å²) in [6.07, 6.45) is 1.70. The van der Waals surface area contributed by atoms with Gasteiger partial charge in [0, 0.05) is 24.7 Å². The van der Waals surface area contributed by atoms with Gasteiger partial charge >= 0.3 is 0 Å². The van der Waals surface area contributed by atoms with Gasteiger partial charge < -0.3 is 4.74 Å². The molecule has 0 bridgehead atoms.